The minimum Gasteiger partial charge on any atom is -0.384 e. The van der Waals surface area contributed by atoms with E-state index in [-0.39, 0.29) is 11.9 Å². The van der Waals surface area contributed by atoms with Crippen molar-refractivity contribution in [2.24, 2.45) is 5.92 Å². The number of carbonyl (C=O) groups excluding carboxylic acids is 1. The van der Waals surface area contributed by atoms with Crippen molar-refractivity contribution in [1.29, 1.82) is 0 Å². The average molecular weight is 346 g/mol. The van der Waals surface area contributed by atoms with Crippen molar-refractivity contribution in [3.63, 3.8) is 0 Å². The van der Waals surface area contributed by atoms with Crippen molar-refractivity contribution >= 4 is 6.03 Å². The molecular formula is C19H30N4O2. The molecule has 1 aromatic heterocycles. The Morgan fingerprint density at radius 1 is 1.20 bits per heavy atom. The summed E-state index contributed by atoms with van der Waals surface area (Å²) in [5.41, 5.74) is 2.51. The Labute approximate surface area is 150 Å². The van der Waals surface area contributed by atoms with Crippen LogP contribution in [0.4, 0.5) is 4.79 Å². The molecule has 0 radical (unpaired) electrons. The molecule has 0 N–H and O–H groups in total. The quantitative estimate of drug-likeness (QED) is 0.842. The summed E-state index contributed by atoms with van der Waals surface area (Å²) >= 11 is 0. The zero-order valence-electron chi connectivity index (χ0n) is 15.3. The molecule has 3 aliphatic rings. The maximum absolute atomic E-state index is 12.8. The van der Waals surface area contributed by atoms with Crippen LogP contribution in [0.1, 0.15) is 55.7 Å². The van der Waals surface area contributed by atoms with Crippen LogP contribution in [0, 0.1) is 5.92 Å². The van der Waals surface area contributed by atoms with E-state index in [1.54, 1.807) is 7.11 Å². The highest BCUT2D eigenvalue weighted by atomic mass is 16.5. The molecule has 4 rings (SSSR count). The lowest BCUT2D eigenvalue weighted by Crippen LogP contribution is -2.46. The lowest BCUT2D eigenvalue weighted by atomic mass is 9.96. The van der Waals surface area contributed by atoms with Crippen molar-refractivity contribution in [2.75, 3.05) is 33.4 Å². The van der Waals surface area contributed by atoms with E-state index in [2.05, 4.69) is 4.68 Å². The fourth-order valence-corrected chi connectivity index (χ4v) is 4.82. The Balaban J connectivity index is 1.53. The van der Waals surface area contributed by atoms with Crippen LogP contribution in [0.15, 0.2) is 6.20 Å². The van der Waals surface area contributed by atoms with Crippen LogP contribution in [0.2, 0.25) is 0 Å². The summed E-state index contributed by atoms with van der Waals surface area (Å²) in [6, 6.07) is 0.188. The van der Waals surface area contributed by atoms with Crippen molar-refractivity contribution in [1.82, 2.24) is 19.6 Å². The van der Waals surface area contributed by atoms with Crippen LogP contribution in [0.5, 0.6) is 0 Å². The second-order valence-electron chi connectivity index (χ2n) is 7.90. The van der Waals surface area contributed by atoms with Crippen LogP contribution in [-0.4, -0.2) is 59.0 Å². The number of urea groups is 1. The first-order valence-electron chi connectivity index (χ1n) is 9.83. The summed E-state index contributed by atoms with van der Waals surface area (Å²) in [5, 5.41) is 4.69. The number of rotatable bonds is 4. The highest BCUT2D eigenvalue weighted by molar-refractivity contribution is 5.75. The molecule has 2 aliphatic heterocycles. The molecule has 2 fully saturated rings. The highest BCUT2D eigenvalue weighted by Crippen LogP contribution is 2.32. The maximum atomic E-state index is 12.8. The summed E-state index contributed by atoms with van der Waals surface area (Å²) in [6.07, 6.45) is 9.60. The number of hydrogen-bond donors (Lipinski definition) is 0. The number of carbonyl (C=O) groups is 1. The molecule has 1 aliphatic carbocycles. The zero-order chi connectivity index (χ0) is 17.2. The molecule has 6 heteroatoms. The van der Waals surface area contributed by atoms with Crippen LogP contribution in [0.3, 0.4) is 0 Å². The van der Waals surface area contributed by atoms with Crippen LogP contribution in [-0.2, 0) is 17.8 Å². The standard InChI is InChI=1S/C19H30N4O2/c1-25-14-17-13-22(19(24)21-8-4-5-9-21)12-16-10-20-23(18(16)17)11-15-6-2-3-7-15/h10,15,17H,2-9,11-14H2,1H3/t17-/m0/s1. The van der Waals surface area contributed by atoms with Gasteiger partial charge in [0.2, 0.25) is 0 Å². The Kier molecular flexibility index (Phi) is 4.97. The van der Waals surface area contributed by atoms with Gasteiger partial charge in [0.05, 0.1) is 25.0 Å². The molecular weight excluding hydrogens is 316 g/mol. The van der Waals surface area contributed by atoms with Gasteiger partial charge < -0.3 is 14.5 Å². The maximum Gasteiger partial charge on any atom is 0.320 e. The summed E-state index contributed by atoms with van der Waals surface area (Å²) < 4.78 is 7.71. The summed E-state index contributed by atoms with van der Waals surface area (Å²) in [4.78, 5) is 16.8. The number of amides is 2. The number of hydrogen-bond acceptors (Lipinski definition) is 3. The van der Waals surface area contributed by atoms with Gasteiger partial charge in [-0.25, -0.2) is 4.79 Å². The molecule has 2 amide bonds. The highest BCUT2D eigenvalue weighted by Gasteiger charge is 2.34. The molecule has 25 heavy (non-hydrogen) atoms. The fraction of sp³-hybridized carbons (Fsp3) is 0.789. The molecule has 1 saturated carbocycles. The minimum atomic E-state index is 0.188. The first-order chi connectivity index (χ1) is 12.3. The third-order valence-corrected chi connectivity index (χ3v) is 6.07. The first kappa shape index (κ1) is 16.9. The summed E-state index contributed by atoms with van der Waals surface area (Å²) in [7, 11) is 1.75. The van der Waals surface area contributed by atoms with E-state index in [1.165, 1.54) is 36.9 Å². The van der Waals surface area contributed by atoms with E-state index in [4.69, 9.17) is 9.84 Å². The largest absolute Gasteiger partial charge is 0.384 e. The fourth-order valence-electron chi connectivity index (χ4n) is 4.82. The third-order valence-electron chi connectivity index (χ3n) is 6.07. The van der Waals surface area contributed by atoms with Crippen LogP contribution < -0.4 is 0 Å². The van der Waals surface area contributed by atoms with Crippen molar-refractivity contribution in [3.05, 3.63) is 17.5 Å². The second kappa shape index (κ2) is 7.36. The molecule has 1 atom stereocenters. The van der Waals surface area contributed by atoms with E-state index in [1.807, 2.05) is 16.0 Å². The monoisotopic (exact) mass is 346 g/mol. The number of fused-ring (bicyclic) bond motifs is 1. The number of nitrogens with zero attached hydrogens (tertiary/aromatic N) is 4. The smallest absolute Gasteiger partial charge is 0.320 e. The molecule has 6 nitrogen and oxygen atoms in total. The number of methoxy groups -OCH3 is 1. The zero-order valence-corrected chi connectivity index (χ0v) is 15.3. The SMILES string of the molecule is COC[C@@H]1CN(C(=O)N2CCCC2)Cc2cnn(CC3CCCC3)c21. The summed E-state index contributed by atoms with van der Waals surface area (Å²) in [5.74, 6) is 0.987. The van der Waals surface area contributed by atoms with Crippen molar-refractivity contribution < 1.29 is 9.53 Å². The van der Waals surface area contributed by atoms with Gasteiger partial charge in [0.25, 0.3) is 0 Å². The first-order valence-corrected chi connectivity index (χ1v) is 9.83. The Bertz CT molecular complexity index is 603. The van der Waals surface area contributed by atoms with Gasteiger partial charge in [-0.15, -0.1) is 0 Å². The van der Waals surface area contributed by atoms with E-state index >= 15 is 0 Å². The topological polar surface area (TPSA) is 50.6 Å². The molecule has 0 aromatic carbocycles. The van der Waals surface area contributed by atoms with Crippen LogP contribution >= 0.6 is 0 Å². The van der Waals surface area contributed by atoms with Gasteiger partial charge in [-0.05, 0) is 31.6 Å². The molecule has 0 unspecified atom stereocenters. The van der Waals surface area contributed by atoms with E-state index in [0.717, 1.165) is 44.9 Å². The van der Waals surface area contributed by atoms with Crippen molar-refractivity contribution in [2.45, 2.75) is 57.5 Å². The Hall–Kier alpha value is -1.56. The summed E-state index contributed by atoms with van der Waals surface area (Å²) in [6.45, 7) is 4.90. The van der Waals surface area contributed by atoms with E-state index in [0.29, 0.717) is 13.2 Å². The van der Waals surface area contributed by atoms with Gasteiger partial charge in [0.15, 0.2) is 0 Å². The Morgan fingerprint density at radius 3 is 2.68 bits per heavy atom. The van der Waals surface area contributed by atoms with Gasteiger partial charge >= 0.3 is 6.03 Å². The average Bonchev–Trinajstić information content (AvgIpc) is 3.37. The molecule has 1 aromatic rings. The van der Waals surface area contributed by atoms with E-state index in [9.17, 15) is 4.79 Å². The minimum absolute atomic E-state index is 0.188. The molecule has 1 saturated heterocycles. The third kappa shape index (κ3) is 3.41. The normalized spacial score (nSPS) is 24.1. The van der Waals surface area contributed by atoms with Crippen LogP contribution in [0.25, 0.3) is 0 Å². The van der Waals surface area contributed by atoms with Gasteiger partial charge in [-0.2, -0.15) is 5.10 Å². The van der Waals surface area contributed by atoms with Gasteiger partial charge in [-0.1, -0.05) is 12.8 Å². The second-order valence-corrected chi connectivity index (χ2v) is 7.90. The predicted octanol–water partition coefficient (Wildman–Crippen LogP) is 2.83. The lowest BCUT2D eigenvalue weighted by molar-refractivity contribution is 0.123. The molecule has 0 spiro atoms. The number of ether oxygens (including phenoxy) is 1. The number of likely N-dealkylation sites (tertiary alicyclic amines) is 1. The van der Waals surface area contributed by atoms with E-state index < -0.39 is 0 Å². The van der Waals surface area contributed by atoms with Gasteiger partial charge in [0, 0.05) is 44.8 Å². The molecule has 0 bridgehead atoms. The molecule has 138 valence electrons. The van der Waals surface area contributed by atoms with Gasteiger partial charge in [-0.3, -0.25) is 4.68 Å². The lowest BCUT2D eigenvalue weighted by Gasteiger charge is -2.35. The number of aromatic nitrogens is 2. The Morgan fingerprint density at radius 2 is 1.96 bits per heavy atom. The molecule has 3 heterocycles. The van der Waals surface area contributed by atoms with Gasteiger partial charge in [0.1, 0.15) is 0 Å². The predicted molar refractivity (Wildman–Crippen MR) is 95.4 cm³/mol. The van der Waals surface area contributed by atoms with Crippen molar-refractivity contribution in [3.8, 4) is 0 Å².